The number of fused-ring (bicyclic) bond motifs is 1. The van der Waals surface area contributed by atoms with E-state index in [0.717, 1.165) is 4.57 Å². The number of carboxylic acid groups (broad SMARTS) is 1. The molecule has 1 heterocycles. The van der Waals surface area contributed by atoms with Crippen LogP contribution in [0.25, 0.3) is 10.9 Å². The summed E-state index contributed by atoms with van der Waals surface area (Å²) in [4.78, 5) is 23.4. The average Bonchev–Trinajstić information content (AvgIpc) is 2.65. The number of nitrogens with zero attached hydrogens (tertiary/aromatic N) is 1. The Labute approximate surface area is 110 Å². The minimum absolute atomic E-state index is 0.101. The lowest BCUT2D eigenvalue weighted by Gasteiger charge is -2.20. The number of para-hydroxylation sites is 1. The summed E-state index contributed by atoms with van der Waals surface area (Å²) in [6.45, 7) is 5.20. The van der Waals surface area contributed by atoms with E-state index in [4.69, 9.17) is 4.74 Å². The Balaban J connectivity index is 2.60. The summed E-state index contributed by atoms with van der Waals surface area (Å²) in [7, 11) is 0. The van der Waals surface area contributed by atoms with Crippen LogP contribution in [0, 0.1) is 0 Å². The second kappa shape index (κ2) is 4.42. The zero-order chi connectivity index (χ0) is 14.2. The van der Waals surface area contributed by atoms with Gasteiger partial charge < -0.3 is 9.84 Å². The minimum Gasteiger partial charge on any atom is -0.477 e. The maximum Gasteiger partial charge on any atom is 0.419 e. The molecule has 5 nitrogen and oxygen atoms in total. The predicted molar refractivity (Wildman–Crippen MR) is 70.5 cm³/mol. The Morgan fingerprint density at radius 3 is 2.42 bits per heavy atom. The fraction of sp³-hybridized carbons (Fsp3) is 0.286. The quantitative estimate of drug-likeness (QED) is 0.856. The molecule has 100 valence electrons. The molecule has 0 aliphatic rings. The molecule has 0 amide bonds. The fourth-order valence-corrected chi connectivity index (χ4v) is 1.82. The third-order valence-corrected chi connectivity index (χ3v) is 2.51. The molecule has 5 heteroatoms. The van der Waals surface area contributed by atoms with Crippen LogP contribution >= 0.6 is 0 Å². The summed E-state index contributed by atoms with van der Waals surface area (Å²) in [6.07, 6.45) is -0.689. The summed E-state index contributed by atoms with van der Waals surface area (Å²) >= 11 is 0. The van der Waals surface area contributed by atoms with Crippen molar-refractivity contribution in [2.75, 3.05) is 0 Å². The maximum atomic E-state index is 12.1. The third-order valence-electron chi connectivity index (χ3n) is 2.51. The first-order chi connectivity index (χ1) is 8.79. The number of aromatic nitrogens is 1. The average molecular weight is 261 g/mol. The highest BCUT2D eigenvalue weighted by molar-refractivity contribution is 6.00. The number of ether oxygens (including phenoxy) is 1. The van der Waals surface area contributed by atoms with Crippen molar-refractivity contribution in [2.45, 2.75) is 26.4 Å². The molecule has 0 aliphatic carbocycles. The number of hydrogen-bond donors (Lipinski definition) is 1. The van der Waals surface area contributed by atoms with Crippen molar-refractivity contribution in [3.05, 3.63) is 36.0 Å². The van der Waals surface area contributed by atoms with Crippen LogP contribution in [0.2, 0.25) is 0 Å². The second-order valence-corrected chi connectivity index (χ2v) is 5.21. The van der Waals surface area contributed by atoms with E-state index in [1.807, 2.05) is 0 Å². The van der Waals surface area contributed by atoms with Gasteiger partial charge in [-0.2, -0.15) is 0 Å². The molecule has 0 radical (unpaired) electrons. The Morgan fingerprint density at radius 2 is 1.84 bits per heavy atom. The monoisotopic (exact) mass is 261 g/mol. The van der Waals surface area contributed by atoms with Gasteiger partial charge in [0, 0.05) is 5.39 Å². The van der Waals surface area contributed by atoms with E-state index < -0.39 is 17.7 Å². The number of carboxylic acids is 1. The van der Waals surface area contributed by atoms with Gasteiger partial charge >= 0.3 is 12.1 Å². The van der Waals surface area contributed by atoms with Crippen molar-refractivity contribution in [1.29, 1.82) is 0 Å². The van der Waals surface area contributed by atoms with E-state index in [2.05, 4.69) is 0 Å². The number of carbonyl (C=O) groups is 2. The summed E-state index contributed by atoms with van der Waals surface area (Å²) in [5.41, 5.74) is -0.261. The van der Waals surface area contributed by atoms with Gasteiger partial charge in [-0.15, -0.1) is 0 Å². The number of carbonyl (C=O) groups excluding carboxylic acids is 1. The van der Waals surface area contributed by atoms with E-state index in [1.165, 1.54) is 6.07 Å². The van der Waals surface area contributed by atoms with Gasteiger partial charge in [0.25, 0.3) is 0 Å². The SMILES string of the molecule is CC(C)(C)OC(=O)n1c(C(=O)O)cc2ccccc21. The molecule has 2 rings (SSSR count). The van der Waals surface area contributed by atoms with Gasteiger partial charge in [0.1, 0.15) is 11.3 Å². The van der Waals surface area contributed by atoms with E-state index in [9.17, 15) is 14.7 Å². The maximum absolute atomic E-state index is 12.1. The molecule has 1 N–H and O–H groups in total. The topological polar surface area (TPSA) is 68.5 Å². The predicted octanol–water partition coefficient (Wildman–Crippen LogP) is 3.12. The van der Waals surface area contributed by atoms with Crippen molar-refractivity contribution in [2.24, 2.45) is 0 Å². The van der Waals surface area contributed by atoms with Crippen LogP contribution in [-0.4, -0.2) is 27.3 Å². The van der Waals surface area contributed by atoms with Crippen molar-refractivity contribution in [3.63, 3.8) is 0 Å². The molecule has 1 aromatic carbocycles. The smallest absolute Gasteiger partial charge is 0.419 e. The van der Waals surface area contributed by atoms with Crippen LogP contribution in [0.5, 0.6) is 0 Å². The minimum atomic E-state index is -1.16. The Morgan fingerprint density at radius 1 is 1.21 bits per heavy atom. The van der Waals surface area contributed by atoms with Gasteiger partial charge in [-0.05, 0) is 32.9 Å². The standard InChI is InChI=1S/C14H15NO4/c1-14(2,3)19-13(18)15-10-7-5-4-6-9(10)8-11(15)12(16)17/h4-8H,1-3H3,(H,16,17). The highest BCUT2D eigenvalue weighted by Gasteiger charge is 2.24. The summed E-state index contributed by atoms with van der Waals surface area (Å²) < 4.78 is 6.33. The zero-order valence-electron chi connectivity index (χ0n) is 11.0. The lowest BCUT2D eigenvalue weighted by atomic mass is 10.2. The highest BCUT2D eigenvalue weighted by atomic mass is 16.6. The lowest BCUT2D eigenvalue weighted by molar-refractivity contribution is 0.0513. The summed E-state index contributed by atoms with van der Waals surface area (Å²) in [6, 6.07) is 8.43. The molecule has 2 aromatic rings. The van der Waals surface area contributed by atoms with Gasteiger partial charge in [0.2, 0.25) is 0 Å². The highest BCUT2D eigenvalue weighted by Crippen LogP contribution is 2.21. The Kier molecular flexibility index (Phi) is 3.06. The molecule has 1 aromatic heterocycles. The summed E-state index contributed by atoms with van der Waals surface area (Å²) in [5, 5.41) is 9.87. The molecule has 19 heavy (non-hydrogen) atoms. The number of rotatable bonds is 1. The van der Waals surface area contributed by atoms with E-state index in [1.54, 1.807) is 45.0 Å². The van der Waals surface area contributed by atoms with Crippen LogP contribution in [0.1, 0.15) is 31.3 Å². The first kappa shape index (κ1) is 13.1. The van der Waals surface area contributed by atoms with Crippen LogP contribution in [0.4, 0.5) is 4.79 Å². The van der Waals surface area contributed by atoms with Crippen LogP contribution in [0.15, 0.2) is 30.3 Å². The molecular formula is C14H15NO4. The fourth-order valence-electron chi connectivity index (χ4n) is 1.82. The number of hydrogen-bond acceptors (Lipinski definition) is 3. The molecule has 0 unspecified atom stereocenters. The number of benzene rings is 1. The molecular weight excluding hydrogens is 246 g/mol. The van der Waals surface area contributed by atoms with Gasteiger partial charge in [0.05, 0.1) is 5.52 Å². The molecule has 0 aliphatic heterocycles. The Hall–Kier alpha value is -2.30. The van der Waals surface area contributed by atoms with Crippen LogP contribution < -0.4 is 0 Å². The van der Waals surface area contributed by atoms with Crippen LogP contribution in [0.3, 0.4) is 0 Å². The van der Waals surface area contributed by atoms with Crippen LogP contribution in [-0.2, 0) is 4.74 Å². The van der Waals surface area contributed by atoms with Crippen molar-refractivity contribution < 1.29 is 19.4 Å². The Bertz CT molecular complexity index is 649. The van der Waals surface area contributed by atoms with Gasteiger partial charge in [-0.25, -0.2) is 14.2 Å². The molecule has 0 bridgehead atoms. The van der Waals surface area contributed by atoms with E-state index in [0.29, 0.717) is 10.9 Å². The largest absolute Gasteiger partial charge is 0.477 e. The molecule has 0 atom stereocenters. The van der Waals surface area contributed by atoms with Gasteiger partial charge in [0.15, 0.2) is 0 Å². The van der Waals surface area contributed by atoms with Crippen molar-refractivity contribution >= 4 is 23.0 Å². The van der Waals surface area contributed by atoms with Gasteiger partial charge in [-0.3, -0.25) is 0 Å². The van der Waals surface area contributed by atoms with Gasteiger partial charge in [-0.1, -0.05) is 18.2 Å². The molecule has 0 fully saturated rings. The summed E-state index contributed by atoms with van der Waals surface area (Å²) in [5.74, 6) is -1.16. The van der Waals surface area contributed by atoms with E-state index in [-0.39, 0.29) is 5.69 Å². The molecule has 0 spiro atoms. The number of aromatic carboxylic acids is 1. The first-order valence-corrected chi connectivity index (χ1v) is 5.87. The van der Waals surface area contributed by atoms with Crippen molar-refractivity contribution in [3.8, 4) is 0 Å². The zero-order valence-corrected chi connectivity index (χ0v) is 11.0. The first-order valence-electron chi connectivity index (χ1n) is 5.87. The third kappa shape index (κ3) is 2.59. The molecule has 0 saturated carbocycles. The lowest BCUT2D eigenvalue weighted by Crippen LogP contribution is -2.28. The van der Waals surface area contributed by atoms with E-state index >= 15 is 0 Å². The second-order valence-electron chi connectivity index (χ2n) is 5.21. The normalized spacial score (nSPS) is 11.5. The van der Waals surface area contributed by atoms with Crippen molar-refractivity contribution in [1.82, 2.24) is 4.57 Å². The molecule has 0 saturated heterocycles.